The molecule has 0 N–H and O–H groups in total. The summed E-state index contributed by atoms with van der Waals surface area (Å²) in [6, 6.07) is 6.75. The molecule has 0 fully saturated rings. The van der Waals surface area contributed by atoms with Crippen molar-refractivity contribution in [1.82, 2.24) is 0 Å². The number of allylic oxidation sites excluding steroid dienone is 3. The predicted octanol–water partition coefficient (Wildman–Crippen LogP) is 7.26. The Morgan fingerprint density at radius 1 is 0.957 bits per heavy atom. The summed E-state index contributed by atoms with van der Waals surface area (Å²) >= 11 is 0. The van der Waals surface area contributed by atoms with Crippen molar-refractivity contribution in [2.75, 3.05) is 0 Å². The third kappa shape index (κ3) is 10.1. The molecule has 0 spiro atoms. The van der Waals surface area contributed by atoms with Gasteiger partial charge in [0.15, 0.2) is 0 Å². The van der Waals surface area contributed by atoms with Crippen molar-refractivity contribution in [2.24, 2.45) is 5.92 Å². The van der Waals surface area contributed by atoms with Gasteiger partial charge in [-0.15, -0.1) is 6.58 Å². The molecule has 0 radical (unpaired) electrons. The molecule has 1 heteroatoms. The zero-order chi connectivity index (χ0) is 16.8. The molecule has 1 aromatic carbocycles. The fraction of sp³-hybridized carbons (Fsp3) is 0.545. The Bertz CT molecular complexity index is 430. The van der Waals surface area contributed by atoms with Crippen molar-refractivity contribution in [3.8, 4) is 0 Å². The summed E-state index contributed by atoms with van der Waals surface area (Å²) in [6.07, 6.45) is 19.2. The predicted molar refractivity (Wildman–Crippen MR) is 100 cm³/mol. The number of hydrogen-bond donors (Lipinski definition) is 0. The van der Waals surface area contributed by atoms with Crippen molar-refractivity contribution in [1.29, 1.82) is 0 Å². The Hall–Kier alpha value is -1.37. The van der Waals surface area contributed by atoms with Gasteiger partial charge >= 0.3 is 0 Å². The van der Waals surface area contributed by atoms with Crippen LogP contribution in [0, 0.1) is 11.7 Å². The number of rotatable bonds is 13. The van der Waals surface area contributed by atoms with Gasteiger partial charge in [0.1, 0.15) is 5.82 Å². The Morgan fingerprint density at radius 3 is 2.35 bits per heavy atom. The van der Waals surface area contributed by atoms with E-state index in [1.807, 2.05) is 12.1 Å². The van der Waals surface area contributed by atoms with Crippen LogP contribution in [0.4, 0.5) is 4.39 Å². The molecule has 0 nitrogen and oxygen atoms in total. The third-order valence-corrected chi connectivity index (χ3v) is 4.40. The summed E-state index contributed by atoms with van der Waals surface area (Å²) in [6.45, 7) is 6.25. The second-order valence-corrected chi connectivity index (χ2v) is 6.43. The highest BCUT2D eigenvalue weighted by molar-refractivity contribution is 5.18. The van der Waals surface area contributed by atoms with E-state index in [1.165, 1.54) is 63.5 Å². The SMILES string of the molecule is C=CC(CC/C=C/Cc1ccc(F)cc1)CCCCCCCC. The van der Waals surface area contributed by atoms with E-state index in [1.54, 1.807) is 0 Å². The lowest BCUT2D eigenvalue weighted by atomic mass is 9.95. The first-order chi connectivity index (χ1) is 11.3. The van der Waals surface area contributed by atoms with E-state index in [0.717, 1.165) is 18.4 Å². The van der Waals surface area contributed by atoms with Gasteiger partial charge < -0.3 is 0 Å². The van der Waals surface area contributed by atoms with E-state index < -0.39 is 0 Å². The van der Waals surface area contributed by atoms with Gasteiger partial charge in [0.25, 0.3) is 0 Å². The van der Waals surface area contributed by atoms with Crippen molar-refractivity contribution < 1.29 is 4.39 Å². The molecule has 23 heavy (non-hydrogen) atoms. The van der Waals surface area contributed by atoms with Gasteiger partial charge in [-0.1, -0.05) is 75.8 Å². The van der Waals surface area contributed by atoms with Crippen LogP contribution in [0.3, 0.4) is 0 Å². The van der Waals surface area contributed by atoms with Crippen LogP contribution in [0.1, 0.15) is 70.3 Å². The molecule has 0 aliphatic rings. The molecule has 0 aliphatic carbocycles. The van der Waals surface area contributed by atoms with Crippen molar-refractivity contribution in [3.63, 3.8) is 0 Å². The first kappa shape index (κ1) is 19.7. The standard InChI is InChI=1S/C22H33F/c1-3-5-6-7-8-10-13-20(4-2)14-11-9-12-15-21-16-18-22(23)19-17-21/h4,9,12,16-20H,2-3,5-8,10-11,13-15H2,1H3/b12-9+. The maximum Gasteiger partial charge on any atom is 0.123 e. The monoisotopic (exact) mass is 316 g/mol. The Balaban J connectivity index is 2.10. The minimum atomic E-state index is -0.166. The number of benzene rings is 1. The molecule has 0 saturated carbocycles. The van der Waals surface area contributed by atoms with Crippen LogP contribution >= 0.6 is 0 Å². The molecule has 128 valence electrons. The van der Waals surface area contributed by atoms with Gasteiger partial charge in [0, 0.05) is 0 Å². The Labute approximate surface area is 142 Å². The first-order valence-corrected chi connectivity index (χ1v) is 9.28. The van der Waals surface area contributed by atoms with Crippen LogP contribution in [-0.2, 0) is 6.42 Å². The summed E-state index contributed by atoms with van der Waals surface area (Å²) in [7, 11) is 0. The first-order valence-electron chi connectivity index (χ1n) is 9.28. The molecular weight excluding hydrogens is 283 g/mol. The lowest BCUT2D eigenvalue weighted by Gasteiger charge is -2.10. The number of unbranched alkanes of at least 4 members (excludes halogenated alkanes) is 5. The molecule has 1 aromatic rings. The van der Waals surface area contributed by atoms with Crippen LogP contribution in [0.25, 0.3) is 0 Å². The second kappa shape index (κ2) is 13.1. The largest absolute Gasteiger partial charge is 0.207 e. The Kier molecular flexibility index (Phi) is 11.2. The van der Waals surface area contributed by atoms with Gasteiger partial charge in [-0.25, -0.2) is 4.39 Å². The maximum absolute atomic E-state index is 12.8. The van der Waals surface area contributed by atoms with Crippen molar-refractivity contribution in [2.45, 2.75) is 71.1 Å². The highest BCUT2D eigenvalue weighted by atomic mass is 19.1. The topological polar surface area (TPSA) is 0 Å². The lowest BCUT2D eigenvalue weighted by Crippen LogP contribution is -1.96. The second-order valence-electron chi connectivity index (χ2n) is 6.43. The highest BCUT2D eigenvalue weighted by Crippen LogP contribution is 2.18. The van der Waals surface area contributed by atoms with E-state index in [0.29, 0.717) is 5.92 Å². The van der Waals surface area contributed by atoms with E-state index in [2.05, 4.69) is 31.7 Å². The summed E-state index contributed by atoms with van der Waals surface area (Å²) in [5, 5.41) is 0. The Morgan fingerprint density at radius 2 is 1.65 bits per heavy atom. The molecule has 0 bridgehead atoms. The van der Waals surface area contributed by atoms with Crippen LogP contribution in [0.15, 0.2) is 49.1 Å². The highest BCUT2D eigenvalue weighted by Gasteiger charge is 2.02. The summed E-state index contributed by atoms with van der Waals surface area (Å²) in [4.78, 5) is 0. The van der Waals surface area contributed by atoms with Crippen LogP contribution in [-0.4, -0.2) is 0 Å². The molecule has 0 aromatic heterocycles. The fourth-order valence-electron chi connectivity index (χ4n) is 2.83. The molecule has 1 rings (SSSR count). The average Bonchev–Trinajstić information content (AvgIpc) is 2.57. The zero-order valence-electron chi connectivity index (χ0n) is 14.8. The maximum atomic E-state index is 12.8. The minimum absolute atomic E-state index is 0.166. The van der Waals surface area contributed by atoms with Crippen LogP contribution in [0.5, 0.6) is 0 Å². The van der Waals surface area contributed by atoms with Crippen molar-refractivity contribution in [3.05, 3.63) is 60.5 Å². The van der Waals surface area contributed by atoms with E-state index in [4.69, 9.17) is 0 Å². The van der Waals surface area contributed by atoms with Crippen LogP contribution < -0.4 is 0 Å². The van der Waals surface area contributed by atoms with Crippen molar-refractivity contribution >= 4 is 0 Å². The summed E-state index contributed by atoms with van der Waals surface area (Å²) in [5.41, 5.74) is 1.16. The zero-order valence-corrected chi connectivity index (χ0v) is 14.8. The number of hydrogen-bond acceptors (Lipinski definition) is 0. The van der Waals surface area contributed by atoms with Gasteiger partial charge in [0.2, 0.25) is 0 Å². The van der Waals surface area contributed by atoms with E-state index >= 15 is 0 Å². The third-order valence-electron chi connectivity index (χ3n) is 4.40. The molecule has 0 heterocycles. The molecular formula is C22H33F. The van der Waals surface area contributed by atoms with Gasteiger partial charge in [0.05, 0.1) is 0 Å². The summed E-state index contributed by atoms with van der Waals surface area (Å²) in [5.74, 6) is 0.484. The lowest BCUT2D eigenvalue weighted by molar-refractivity contribution is 0.497. The fourth-order valence-corrected chi connectivity index (χ4v) is 2.83. The number of halogens is 1. The molecule has 1 atom stereocenters. The normalized spacial score (nSPS) is 12.6. The van der Waals surface area contributed by atoms with Crippen LogP contribution in [0.2, 0.25) is 0 Å². The average molecular weight is 317 g/mol. The van der Waals surface area contributed by atoms with Gasteiger partial charge in [-0.2, -0.15) is 0 Å². The molecule has 0 saturated heterocycles. The van der Waals surface area contributed by atoms with E-state index in [9.17, 15) is 4.39 Å². The van der Waals surface area contributed by atoms with E-state index in [-0.39, 0.29) is 5.82 Å². The van der Waals surface area contributed by atoms with Gasteiger partial charge in [-0.05, 0) is 49.3 Å². The minimum Gasteiger partial charge on any atom is -0.207 e. The summed E-state index contributed by atoms with van der Waals surface area (Å²) < 4.78 is 12.8. The quantitative estimate of drug-likeness (QED) is 0.265. The smallest absolute Gasteiger partial charge is 0.123 e. The molecule has 0 amide bonds. The van der Waals surface area contributed by atoms with Gasteiger partial charge in [-0.3, -0.25) is 0 Å². The molecule has 0 aliphatic heterocycles. The molecule has 1 unspecified atom stereocenters.